The summed E-state index contributed by atoms with van der Waals surface area (Å²) in [6.45, 7) is 4.62. The van der Waals surface area contributed by atoms with E-state index in [0.717, 1.165) is 18.5 Å². The second-order valence-corrected chi connectivity index (χ2v) is 8.96. The first-order valence-corrected chi connectivity index (χ1v) is 11.1. The molecular weight excluding hydrogens is 384 g/mol. The van der Waals surface area contributed by atoms with Gasteiger partial charge in [-0.3, -0.25) is 14.4 Å². The van der Waals surface area contributed by atoms with Crippen molar-refractivity contribution < 1.29 is 14.7 Å². The van der Waals surface area contributed by atoms with Crippen molar-refractivity contribution in [1.82, 2.24) is 20.1 Å². The van der Waals surface area contributed by atoms with Gasteiger partial charge in [-0.15, -0.1) is 0 Å². The van der Waals surface area contributed by atoms with Crippen LogP contribution < -0.4 is 16.2 Å². The predicted molar refractivity (Wildman–Crippen MR) is 112 cm³/mol. The quantitative estimate of drug-likeness (QED) is 0.643. The Hall–Kier alpha value is -2.19. The number of amides is 2. The monoisotopic (exact) mass is 416 g/mol. The van der Waals surface area contributed by atoms with Crippen LogP contribution in [0.1, 0.15) is 56.7 Å². The van der Waals surface area contributed by atoms with Gasteiger partial charge in [0.25, 0.3) is 11.5 Å². The molecule has 3 N–H and O–H groups in total. The molecule has 164 valence electrons. The van der Waals surface area contributed by atoms with Gasteiger partial charge < -0.3 is 25.2 Å². The summed E-state index contributed by atoms with van der Waals surface area (Å²) in [6, 6.07) is 5.09. The van der Waals surface area contributed by atoms with Gasteiger partial charge in [-0.1, -0.05) is 13.0 Å². The molecule has 3 atom stereocenters. The normalized spacial score (nSPS) is 27.3. The number of carbonyl (C=O) groups is 2. The van der Waals surface area contributed by atoms with Crippen LogP contribution in [0.2, 0.25) is 0 Å². The first-order valence-electron chi connectivity index (χ1n) is 11.1. The third kappa shape index (κ3) is 3.90. The number of piperidine rings is 2. The largest absolute Gasteiger partial charge is 0.380 e. The first kappa shape index (κ1) is 21.1. The van der Waals surface area contributed by atoms with E-state index >= 15 is 0 Å². The Kier molecular flexibility index (Phi) is 5.97. The minimum absolute atomic E-state index is 0.0158. The molecule has 1 aromatic rings. The highest BCUT2D eigenvalue weighted by Gasteiger charge is 2.46. The molecule has 0 saturated carbocycles. The summed E-state index contributed by atoms with van der Waals surface area (Å²) in [5, 5.41) is 17.1. The molecule has 0 unspecified atom stereocenters. The average Bonchev–Trinajstić information content (AvgIpc) is 2.74. The Morgan fingerprint density at radius 1 is 1.27 bits per heavy atom. The maximum absolute atomic E-state index is 13.3. The summed E-state index contributed by atoms with van der Waals surface area (Å²) in [5.41, 5.74) is -0.449. The molecule has 0 aromatic carbocycles. The second kappa shape index (κ2) is 8.51. The number of rotatable bonds is 5. The van der Waals surface area contributed by atoms with Crippen molar-refractivity contribution in [2.24, 2.45) is 5.92 Å². The van der Waals surface area contributed by atoms with Gasteiger partial charge in [0.1, 0.15) is 5.60 Å². The zero-order valence-corrected chi connectivity index (χ0v) is 17.6. The Morgan fingerprint density at radius 3 is 2.77 bits per heavy atom. The lowest BCUT2D eigenvalue weighted by Gasteiger charge is -2.48. The zero-order valence-electron chi connectivity index (χ0n) is 17.6. The fourth-order valence-electron chi connectivity index (χ4n) is 5.35. The molecule has 3 aliphatic rings. The Labute approximate surface area is 176 Å². The number of nitrogens with zero attached hydrogens (tertiary/aromatic N) is 2. The van der Waals surface area contributed by atoms with E-state index in [2.05, 4.69) is 10.6 Å². The lowest BCUT2D eigenvalue weighted by molar-refractivity contribution is -0.157. The molecule has 0 radical (unpaired) electrons. The van der Waals surface area contributed by atoms with Crippen molar-refractivity contribution in [3.05, 3.63) is 34.2 Å². The number of fused-ring (bicyclic) bond motifs is 4. The standard InChI is InChI=1S/C22H32N4O4/c1-2-4-19(27)24-12-18-16-11-15(17-5-3-6-20(28)26(17)18)13-25(14-16)21(29)22(30)7-9-23-10-8-22/h3,5-6,15-16,18,23,30H,2,4,7-14H2,1H3,(H,24,27)/t15-,16+,18+/m1/s1. The number of likely N-dealkylation sites (tertiary alicyclic amines) is 1. The molecule has 2 saturated heterocycles. The number of pyridine rings is 1. The van der Waals surface area contributed by atoms with Gasteiger partial charge in [-0.05, 0) is 50.8 Å². The van der Waals surface area contributed by atoms with E-state index in [1.54, 1.807) is 17.0 Å². The third-order valence-electron chi connectivity index (χ3n) is 6.90. The molecule has 8 nitrogen and oxygen atoms in total. The molecule has 2 fully saturated rings. The smallest absolute Gasteiger partial charge is 0.254 e. The number of hydrogen-bond donors (Lipinski definition) is 3. The highest BCUT2D eigenvalue weighted by atomic mass is 16.3. The van der Waals surface area contributed by atoms with Crippen molar-refractivity contribution >= 4 is 11.8 Å². The van der Waals surface area contributed by atoms with E-state index in [1.165, 1.54) is 0 Å². The first-order chi connectivity index (χ1) is 14.4. The lowest BCUT2D eigenvalue weighted by atomic mass is 9.77. The maximum Gasteiger partial charge on any atom is 0.254 e. The van der Waals surface area contributed by atoms with Crippen LogP contribution in [-0.2, 0) is 9.59 Å². The van der Waals surface area contributed by atoms with Gasteiger partial charge in [-0.2, -0.15) is 0 Å². The van der Waals surface area contributed by atoms with Gasteiger partial charge in [0.2, 0.25) is 5.91 Å². The van der Waals surface area contributed by atoms with Crippen molar-refractivity contribution in [3.63, 3.8) is 0 Å². The summed E-state index contributed by atoms with van der Waals surface area (Å²) < 4.78 is 1.83. The van der Waals surface area contributed by atoms with E-state index in [0.29, 0.717) is 52.0 Å². The number of carbonyl (C=O) groups excluding carboxylic acids is 2. The van der Waals surface area contributed by atoms with Crippen LogP contribution in [0.25, 0.3) is 0 Å². The van der Waals surface area contributed by atoms with Crippen LogP contribution in [-0.4, -0.2) is 64.7 Å². The van der Waals surface area contributed by atoms with Crippen LogP contribution in [0.3, 0.4) is 0 Å². The van der Waals surface area contributed by atoms with Crippen LogP contribution in [0.4, 0.5) is 0 Å². The molecule has 1 aromatic heterocycles. The van der Waals surface area contributed by atoms with Crippen molar-refractivity contribution in [2.45, 2.75) is 56.6 Å². The van der Waals surface area contributed by atoms with E-state index in [-0.39, 0.29) is 35.3 Å². The molecular formula is C22H32N4O4. The molecule has 0 aliphatic carbocycles. The number of hydrogen-bond acceptors (Lipinski definition) is 5. The number of aliphatic hydroxyl groups is 1. The highest BCUT2D eigenvalue weighted by molar-refractivity contribution is 5.85. The van der Waals surface area contributed by atoms with Crippen molar-refractivity contribution in [3.8, 4) is 0 Å². The SMILES string of the molecule is CCCC(=O)NC[C@H]1[C@H]2C[C@H](CN(C(=O)C3(O)CCNCC3)C2)c2cccc(=O)n21. The minimum Gasteiger partial charge on any atom is -0.380 e. The summed E-state index contributed by atoms with van der Waals surface area (Å²) in [5.74, 6) is -0.0841. The third-order valence-corrected chi connectivity index (χ3v) is 6.90. The van der Waals surface area contributed by atoms with Crippen LogP contribution in [0.5, 0.6) is 0 Å². The Morgan fingerprint density at radius 2 is 2.03 bits per heavy atom. The predicted octanol–water partition coefficient (Wildman–Crippen LogP) is 0.366. The van der Waals surface area contributed by atoms with Gasteiger partial charge in [0, 0.05) is 43.7 Å². The fourth-order valence-corrected chi connectivity index (χ4v) is 5.35. The molecule has 0 spiro atoms. The summed E-state index contributed by atoms with van der Waals surface area (Å²) in [6.07, 6.45) is 2.95. The summed E-state index contributed by atoms with van der Waals surface area (Å²) >= 11 is 0. The van der Waals surface area contributed by atoms with Gasteiger partial charge >= 0.3 is 0 Å². The highest BCUT2D eigenvalue weighted by Crippen LogP contribution is 2.41. The van der Waals surface area contributed by atoms with Crippen molar-refractivity contribution in [1.29, 1.82) is 0 Å². The molecule has 4 rings (SSSR count). The molecule has 2 bridgehead atoms. The van der Waals surface area contributed by atoms with Gasteiger partial charge in [0.15, 0.2) is 0 Å². The van der Waals surface area contributed by atoms with Gasteiger partial charge in [0.05, 0.1) is 6.04 Å². The van der Waals surface area contributed by atoms with E-state index in [4.69, 9.17) is 0 Å². The Bertz CT molecular complexity index is 861. The number of aromatic nitrogens is 1. The van der Waals surface area contributed by atoms with Crippen LogP contribution >= 0.6 is 0 Å². The van der Waals surface area contributed by atoms with Crippen molar-refractivity contribution in [2.75, 3.05) is 32.7 Å². The maximum atomic E-state index is 13.3. The van der Waals surface area contributed by atoms with E-state index in [9.17, 15) is 19.5 Å². The van der Waals surface area contributed by atoms with Crippen LogP contribution in [0.15, 0.2) is 23.0 Å². The zero-order chi connectivity index (χ0) is 21.3. The average molecular weight is 417 g/mol. The topological polar surface area (TPSA) is 104 Å². The van der Waals surface area contributed by atoms with E-state index in [1.807, 2.05) is 17.6 Å². The molecule has 2 amide bonds. The summed E-state index contributed by atoms with van der Waals surface area (Å²) in [4.78, 5) is 39.8. The second-order valence-electron chi connectivity index (χ2n) is 8.96. The molecule has 4 heterocycles. The summed E-state index contributed by atoms with van der Waals surface area (Å²) in [7, 11) is 0. The van der Waals surface area contributed by atoms with Gasteiger partial charge in [-0.25, -0.2) is 0 Å². The minimum atomic E-state index is -1.31. The fraction of sp³-hybridized carbons (Fsp3) is 0.682. The Balaban J connectivity index is 1.60. The number of nitrogens with one attached hydrogen (secondary N) is 2. The molecule has 30 heavy (non-hydrogen) atoms. The molecule has 8 heteroatoms. The molecule has 3 aliphatic heterocycles. The van der Waals surface area contributed by atoms with E-state index < -0.39 is 5.60 Å². The lowest BCUT2D eigenvalue weighted by Crippen LogP contribution is -2.59. The van der Waals surface area contributed by atoms with Crippen LogP contribution in [0, 0.1) is 5.92 Å².